The molecule has 27 heavy (non-hydrogen) atoms. The summed E-state index contributed by atoms with van der Waals surface area (Å²) in [5.74, 6) is 0.495. The predicted molar refractivity (Wildman–Crippen MR) is 120 cm³/mol. The lowest BCUT2D eigenvalue weighted by molar-refractivity contribution is 0.383. The molecule has 4 nitrogen and oxygen atoms in total. The van der Waals surface area contributed by atoms with E-state index in [0.717, 1.165) is 47.5 Å². The van der Waals surface area contributed by atoms with Crippen molar-refractivity contribution in [3.63, 3.8) is 0 Å². The monoisotopic (exact) mass is 404 g/mol. The van der Waals surface area contributed by atoms with Crippen LogP contribution in [0.25, 0.3) is 16.1 Å². The van der Waals surface area contributed by atoms with Crippen molar-refractivity contribution in [3.8, 4) is 10.6 Å². The Balaban J connectivity index is 0.000000817. The van der Waals surface area contributed by atoms with E-state index in [2.05, 4.69) is 78.1 Å². The Bertz CT molecular complexity index is 752. The first-order valence-corrected chi connectivity index (χ1v) is 10.8. The quantitative estimate of drug-likeness (QED) is 0.609. The molecule has 0 unspecified atom stereocenters. The smallest absolute Gasteiger partial charge is 0.205 e. The van der Waals surface area contributed by atoms with Crippen molar-refractivity contribution in [2.24, 2.45) is 0 Å². The Morgan fingerprint density at radius 1 is 1.19 bits per heavy atom. The molecule has 0 saturated heterocycles. The molecule has 1 aromatic carbocycles. The van der Waals surface area contributed by atoms with E-state index in [9.17, 15) is 0 Å². The van der Waals surface area contributed by atoms with Gasteiger partial charge < -0.3 is 10.2 Å². The van der Waals surface area contributed by atoms with Crippen LogP contribution in [0.2, 0.25) is 0 Å². The standard InChI is InChI=1S/C18H21ClN4S.C3H8/c1-3-20-18-22-21-17(24-18)16-6-4-14(5-7-16)15-8-10-23(11-9-15)13(2)12-19;1-3-2/h4-8H,2-3,9-12H2,1H3,(H,20,22);3H2,1-2H3. The summed E-state index contributed by atoms with van der Waals surface area (Å²) >= 11 is 7.44. The highest BCUT2D eigenvalue weighted by molar-refractivity contribution is 7.18. The molecule has 1 aliphatic heterocycles. The number of nitrogens with one attached hydrogen (secondary N) is 1. The molecule has 2 heterocycles. The van der Waals surface area contributed by atoms with Gasteiger partial charge in [0.15, 0.2) is 0 Å². The second kappa shape index (κ2) is 11.1. The van der Waals surface area contributed by atoms with E-state index < -0.39 is 0 Å². The van der Waals surface area contributed by atoms with Crippen LogP contribution in [0.4, 0.5) is 5.13 Å². The van der Waals surface area contributed by atoms with Crippen molar-refractivity contribution in [1.82, 2.24) is 15.1 Å². The summed E-state index contributed by atoms with van der Waals surface area (Å²) < 4.78 is 0. The topological polar surface area (TPSA) is 41.1 Å². The first-order chi connectivity index (χ1) is 13.1. The number of allylic oxidation sites excluding steroid dienone is 1. The molecule has 0 amide bonds. The van der Waals surface area contributed by atoms with Crippen LogP contribution in [-0.4, -0.2) is 40.6 Å². The summed E-state index contributed by atoms with van der Waals surface area (Å²) in [6.07, 6.45) is 4.53. The minimum absolute atomic E-state index is 0.495. The van der Waals surface area contributed by atoms with Crippen molar-refractivity contribution in [1.29, 1.82) is 0 Å². The van der Waals surface area contributed by atoms with Crippen molar-refractivity contribution >= 4 is 33.6 Å². The molecular weight excluding hydrogens is 376 g/mol. The number of nitrogens with zero attached hydrogens (tertiary/aromatic N) is 3. The zero-order valence-corrected chi connectivity index (χ0v) is 18.0. The zero-order chi connectivity index (χ0) is 19.6. The molecule has 1 N–H and O–H groups in total. The lowest BCUT2D eigenvalue weighted by Gasteiger charge is -2.29. The molecule has 0 aliphatic carbocycles. The molecule has 3 rings (SSSR count). The fourth-order valence-electron chi connectivity index (χ4n) is 2.69. The van der Waals surface area contributed by atoms with Gasteiger partial charge in [0.05, 0.1) is 5.88 Å². The van der Waals surface area contributed by atoms with Gasteiger partial charge in [0.2, 0.25) is 5.13 Å². The number of aromatic nitrogens is 2. The molecule has 0 bridgehead atoms. The molecule has 146 valence electrons. The first-order valence-electron chi connectivity index (χ1n) is 9.48. The van der Waals surface area contributed by atoms with Crippen LogP contribution in [0.5, 0.6) is 0 Å². The van der Waals surface area contributed by atoms with Crippen LogP contribution in [0.3, 0.4) is 0 Å². The number of halogens is 1. The third kappa shape index (κ3) is 6.08. The van der Waals surface area contributed by atoms with Crippen LogP contribution in [0, 0.1) is 0 Å². The van der Waals surface area contributed by atoms with Gasteiger partial charge in [-0.15, -0.1) is 21.8 Å². The van der Waals surface area contributed by atoms with E-state index in [1.807, 2.05) is 0 Å². The molecule has 0 saturated carbocycles. The highest BCUT2D eigenvalue weighted by atomic mass is 35.5. The molecule has 2 aromatic rings. The Morgan fingerprint density at radius 3 is 2.41 bits per heavy atom. The van der Waals surface area contributed by atoms with Gasteiger partial charge in [-0.25, -0.2) is 0 Å². The maximum absolute atomic E-state index is 5.86. The fourth-order valence-corrected chi connectivity index (χ4v) is 3.68. The van der Waals surface area contributed by atoms with Gasteiger partial charge in [0.1, 0.15) is 5.01 Å². The Hall–Kier alpha value is -1.85. The van der Waals surface area contributed by atoms with E-state index in [-0.39, 0.29) is 0 Å². The maximum atomic E-state index is 5.86. The normalized spacial score (nSPS) is 13.5. The van der Waals surface area contributed by atoms with E-state index in [1.165, 1.54) is 17.6 Å². The van der Waals surface area contributed by atoms with Crippen molar-refractivity contribution in [2.45, 2.75) is 33.6 Å². The van der Waals surface area contributed by atoms with Gasteiger partial charge in [0.25, 0.3) is 0 Å². The predicted octanol–water partition coefficient (Wildman–Crippen LogP) is 5.89. The third-order valence-electron chi connectivity index (χ3n) is 4.07. The summed E-state index contributed by atoms with van der Waals surface area (Å²) in [5.41, 5.74) is 4.75. The summed E-state index contributed by atoms with van der Waals surface area (Å²) in [6.45, 7) is 13.0. The van der Waals surface area contributed by atoms with Crippen molar-refractivity contribution in [3.05, 3.63) is 48.2 Å². The van der Waals surface area contributed by atoms with Gasteiger partial charge >= 0.3 is 0 Å². The third-order valence-corrected chi connectivity index (χ3v) is 5.30. The number of alkyl halides is 1. The van der Waals surface area contributed by atoms with Crippen LogP contribution in [0.1, 0.15) is 39.2 Å². The van der Waals surface area contributed by atoms with Gasteiger partial charge in [0, 0.05) is 30.9 Å². The highest BCUT2D eigenvalue weighted by Crippen LogP contribution is 2.29. The molecular formula is C21H29ClN4S. The molecule has 1 aliphatic rings. The second-order valence-corrected chi connectivity index (χ2v) is 7.60. The number of hydrogen-bond donors (Lipinski definition) is 1. The van der Waals surface area contributed by atoms with E-state index in [1.54, 1.807) is 11.3 Å². The average molecular weight is 405 g/mol. The van der Waals surface area contributed by atoms with Crippen LogP contribution >= 0.6 is 22.9 Å². The molecule has 6 heteroatoms. The Kier molecular flexibility index (Phi) is 8.82. The number of anilines is 1. The summed E-state index contributed by atoms with van der Waals surface area (Å²) in [5, 5.41) is 13.4. The average Bonchev–Trinajstić information content (AvgIpc) is 3.17. The van der Waals surface area contributed by atoms with Crippen LogP contribution < -0.4 is 5.32 Å². The lowest BCUT2D eigenvalue weighted by atomic mass is 9.98. The number of rotatable bonds is 6. The minimum Gasteiger partial charge on any atom is -0.370 e. The van der Waals surface area contributed by atoms with E-state index in [4.69, 9.17) is 11.6 Å². The summed E-state index contributed by atoms with van der Waals surface area (Å²) in [4.78, 5) is 2.23. The second-order valence-electron chi connectivity index (χ2n) is 6.35. The molecule has 0 spiro atoms. The van der Waals surface area contributed by atoms with Crippen LogP contribution in [0.15, 0.2) is 42.6 Å². The van der Waals surface area contributed by atoms with Crippen molar-refractivity contribution in [2.75, 3.05) is 30.8 Å². The molecule has 0 atom stereocenters. The van der Waals surface area contributed by atoms with Crippen molar-refractivity contribution < 1.29 is 0 Å². The van der Waals surface area contributed by atoms with Gasteiger partial charge in [-0.1, -0.05) is 68.5 Å². The largest absolute Gasteiger partial charge is 0.370 e. The maximum Gasteiger partial charge on any atom is 0.205 e. The first kappa shape index (κ1) is 21.5. The SMILES string of the molecule is C=C(CCl)N1CC=C(c2ccc(-c3nnc(NCC)s3)cc2)CC1.CCC. The fraction of sp³-hybridized carbons (Fsp3) is 0.429. The van der Waals surface area contributed by atoms with Gasteiger partial charge in [-0.3, -0.25) is 0 Å². The van der Waals surface area contributed by atoms with E-state index in [0.29, 0.717) is 5.88 Å². The molecule has 0 radical (unpaired) electrons. The number of hydrogen-bond acceptors (Lipinski definition) is 5. The van der Waals surface area contributed by atoms with Gasteiger partial charge in [-0.05, 0) is 24.5 Å². The molecule has 0 fully saturated rings. The Labute approximate surface area is 172 Å². The minimum atomic E-state index is 0.495. The number of benzene rings is 1. The van der Waals surface area contributed by atoms with E-state index >= 15 is 0 Å². The lowest BCUT2D eigenvalue weighted by Crippen LogP contribution is -2.28. The summed E-state index contributed by atoms with van der Waals surface area (Å²) in [7, 11) is 0. The van der Waals surface area contributed by atoms with Crippen LogP contribution in [-0.2, 0) is 0 Å². The Morgan fingerprint density at radius 2 is 1.85 bits per heavy atom. The zero-order valence-electron chi connectivity index (χ0n) is 16.5. The van der Waals surface area contributed by atoms with Gasteiger partial charge in [-0.2, -0.15) is 0 Å². The summed E-state index contributed by atoms with van der Waals surface area (Å²) in [6, 6.07) is 8.58. The highest BCUT2D eigenvalue weighted by Gasteiger charge is 2.14. The molecule has 1 aromatic heterocycles.